The number of hydrogen-bond acceptors (Lipinski definition) is 7. The van der Waals surface area contributed by atoms with Crippen molar-refractivity contribution in [3.05, 3.63) is 29.8 Å². The van der Waals surface area contributed by atoms with Crippen LogP contribution in [-0.4, -0.2) is 60.6 Å². The molecule has 28 heavy (non-hydrogen) atoms. The highest BCUT2D eigenvalue weighted by atomic mass is 16.6. The van der Waals surface area contributed by atoms with Crippen molar-refractivity contribution in [2.75, 3.05) is 19.7 Å². The Labute approximate surface area is 164 Å². The molecule has 1 aromatic rings. The topological polar surface area (TPSA) is 127 Å². The van der Waals surface area contributed by atoms with Gasteiger partial charge < -0.3 is 24.5 Å². The molecule has 0 aromatic heterocycles. The minimum atomic E-state index is -0.824. The summed E-state index contributed by atoms with van der Waals surface area (Å²) in [6.07, 6.45) is 0.153. The van der Waals surface area contributed by atoms with Crippen LogP contribution < -0.4 is 16.0 Å². The Morgan fingerprint density at radius 3 is 2.64 bits per heavy atom. The van der Waals surface area contributed by atoms with Crippen LogP contribution >= 0.6 is 0 Å². The summed E-state index contributed by atoms with van der Waals surface area (Å²) in [5.74, 6) is 5.77. The molecule has 0 radical (unpaired) electrons. The van der Waals surface area contributed by atoms with Gasteiger partial charge in [-0.05, 0) is 51.5 Å². The molecule has 1 fully saturated rings. The maximum atomic E-state index is 12.1. The van der Waals surface area contributed by atoms with E-state index < -0.39 is 11.7 Å². The van der Waals surface area contributed by atoms with E-state index in [0.717, 1.165) is 6.42 Å². The number of benzene rings is 1. The average molecular weight is 392 g/mol. The van der Waals surface area contributed by atoms with Gasteiger partial charge in [0.2, 0.25) is 0 Å². The van der Waals surface area contributed by atoms with Crippen LogP contribution in [0.1, 0.15) is 32.8 Å². The number of rotatable bonds is 7. The summed E-state index contributed by atoms with van der Waals surface area (Å²) in [6, 6.07) is 6.87. The zero-order chi connectivity index (χ0) is 20.7. The highest BCUT2D eigenvalue weighted by Crippen LogP contribution is 2.17. The summed E-state index contributed by atoms with van der Waals surface area (Å²) in [6.45, 7) is 6.60. The van der Waals surface area contributed by atoms with E-state index in [9.17, 15) is 9.59 Å². The van der Waals surface area contributed by atoms with Gasteiger partial charge in [0, 0.05) is 24.7 Å². The number of amides is 1. The van der Waals surface area contributed by atoms with Gasteiger partial charge in [-0.2, -0.15) is 0 Å². The van der Waals surface area contributed by atoms with Crippen LogP contribution in [0.25, 0.3) is 0 Å². The number of ether oxygens (including phenoxy) is 2. The van der Waals surface area contributed by atoms with Crippen LogP contribution in [0.4, 0.5) is 4.79 Å². The van der Waals surface area contributed by atoms with Crippen LogP contribution in [0.5, 0.6) is 5.75 Å². The molecule has 9 nitrogen and oxygen atoms in total. The highest BCUT2D eigenvalue weighted by molar-refractivity contribution is 5.96. The van der Waals surface area contributed by atoms with Crippen molar-refractivity contribution < 1.29 is 23.9 Å². The second-order valence-electron chi connectivity index (χ2n) is 7.58. The first-order valence-corrected chi connectivity index (χ1v) is 9.09. The van der Waals surface area contributed by atoms with E-state index in [1.807, 2.05) is 20.8 Å². The van der Waals surface area contributed by atoms with E-state index in [1.165, 1.54) is 0 Å². The number of hydrogen-bond donors (Lipinski definition) is 3. The van der Waals surface area contributed by atoms with Crippen LogP contribution in [0.15, 0.2) is 24.3 Å². The number of nitrogens with zero attached hydrogens (tertiary/aromatic N) is 1. The third-order valence-electron chi connectivity index (χ3n) is 4.07. The predicted molar refractivity (Wildman–Crippen MR) is 103 cm³/mol. The third kappa shape index (κ3) is 6.50. The standard InChI is InChI=1S/C19H28N4O5/c1-19(2,3)27-18(25)23-9-8-14(10-23)22-17(20)13-4-6-15(7-5-13)26-12-16(11-24)28-21/h4-7,11,14,16H,8-10,12,21H2,1-3H3,(H2,20,22)/t14-,16+/m0/s1. The van der Waals surface area contributed by atoms with Gasteiger partial charge in [0.25, 0.3) is 0 Å². The van der Waals surface area contributed by atoms with E-state index in [-0.39, 0.29) is 24.6 Å². The molecule has 1 aliphatic rings. The fourth-order valence-electron chi connectivity index (χ4n) is 2.66. The number of nitrogens with one attached hydrogen (secondary N) is 2. The molecule has 0 bridgehead atoms. The van der Waals surface area contributed by atoms with Gasteiger partial charge in [0.1, 0.15) is 23.8 Å². The Hall–Kier alpha value is -2.65. The maximum Gasteiger partial charge on any atom is 0.410 e. The fraction of sp³-hybridized carbons (Fsp3) is 0.526. The lowest BCUT2D eigenvalue weighted by Crippen LogP contribution is -2.40. The summed E-state index contributed by atoms with van der Waals surface area (Å²) in [7, 11) is 0. The summed E-state index contributed by atoms with van der Waals surface area (Å²) in [5.41, 5.74) is 0.159. The molecule has 1 aromatic carbocycles. The monoisotopic (exact) mass is 392 g/mol. The van der Waals surface area contributed by atoms with Crippen molar-refractivity contribution >= 4 is 18.2 Å². The predicted octanol–water partition coefficient (Wildman–Crippen LogP) is 1.45. The lowest BCUT2D eigenvalue weighted by molar-refractivity contribution is -0.120. The lowest BCUT2D eigenvalue weighted by Gasteiger charge is -2.24. The van der Waals surface area contributed by atoms with E-state index in [4.69, 9.17) is 20.8 Å². The molecule has 1 amide bonds. The van der Waals surface area contributed by atoms with Crippen LogP contribution in [0.2, 0.25) is 0 Å². The SMILES string of the molecule is CC(C)(C)OC(=O)N1CC[C@H](NC(=N)c2ccc(OC[C@@H](C=O)ON)cc2)C1. The van der Waals surface area contributed by atoms with Gasteiger partial charge in [-0.3, -0.25) is 10.2 Å². The maximum absolute atomic E-state index is 12.1. The summed E-state index contributed by atoms with van der Waals surface area (Å²) in [4.78, 5) is 28.9. The van der Waals surface area contributed by atoms with Crippen molar-refractivity contribution in [2.24, 2.45) is 5.90 Å². The van der Waals surface area contributed by atoms with Crippen molar-refractivity contribution in [1.82, 2.24) is 10.2 Å². The van der Waals surface area contributed by atoms with Gasteiger partial charge in [0.05, 0.1) is 0 Å². The Morgan fingerprint density at radius 2 is 2.07 bits per heavy atom. The van der Waals surface area contributed by atoms with Crippen molar-refractivity contribution in [3.8, 4) is 5.75 Å². The Morgan fingerprint density at radius 1 is 1.39 bits per heavy atom. The van der Waals surface area contributed by atoms with Gasteiger partial charge in [-0.25, -0.2) is 10.7 Å². The quantitative estimate of drug-likeness (QED) is 0.277. The molecular formula is C19H28N4O5. The molecule has 9 heteroatoms. The minimum absolute atomic E-state index is 0.00834. The van der Waals surface area contributed by atoms with Gasteiger partial charge >= 0.3 is 6.09 Å². The summed E-state index contributed by atoms with van der Waals surface area (Å²) >= 11 is 0. The first kappa shape index (κ1) is 21.6. The highest BCUT2D eigenvalue weighted by Gasteiger charge is 2.30. The molecular weight excluding hydrogens is 364 g/mol. The molecule has 0 unspecified atom stereocenters. The molecule has 1 heterocycles. The average Bonchev–Trinajstić information content (AvgIpc) is 3.10. The molecule has 154 valence electrons. The lowest BCUT2D eigenvalue weighted by atomic mass is 10.1. The van der Waals surface area contributed by atoms with Crippen molar-refractivity contribution in [3.63, 3.8) is 0 Å². The summed E-state index contributed by atoms with van der Waals surface area (Å²) < 4.78 is 10.8. The first-order valence-electron chi connectivity index (χ1n) is 9.09. The Balaban J connectivity index is 1.83. The molecule has 0 saturated carbocycles. The van der Waals surface area contributed by atoms with Gasteiger partial charge in [-0.1, -0.05) is 0 Å². The van der Waals surface area contributed by atoms with Crippen LogP contribution in [0.3, 0.4) is 0 Å². The van der Waals surface area contributed by atoms with E-state index in [2.05, 4.69) is 10.2 Å². The van der Waals surface area contributed by atoms with E-state index in [1.54, 1.807) is 29.2 Å². The largest absolute Gasteiger partial charge is 0.490 e. The van der Waals surface area contributed by atoms with Crippen LogP contribution in [0, 0.1) is 5.41 Å². The normalized spacial score (nSPS) is 17.7. The zero-order valence-corrected chi connectivity index (χ0v) is 16.4. The minimum Gasteiger partial charge on any atom is -0.490 e. The Bertz CT molecular complexity index is 687. The van der Waals surface area contributed by atoms with Gasteiger partial charge in [0.15, 0.2) is 12.4 Å². The second-order valence-corrected chi connectivity index (χ2v) is 7.58. The molecule has 4 N–H and O–H groups in total. The number of carbonyl (C=O) groups excluding carboxylic acids is 2. The van der Waals surface area contributed by atoms with E-state index in [0.29, 0.717) is 30.7 Å². The molecule has 0 aliphatic carbocycles. The molecule has 1 aliphatic heterocycles. The third-order valence-corrected chi connectivity index (χ3v) is 4.07. The molecule has 0 spiro atoms. The van der Waals surface area contributed by atoms with Crippen molar-refractivity contribution in [1.29, 1.82) is 5.41 Å². The smallest absolute Gasteiger partial charge is 0.410 e. The van der Waals surface area contributed by atoms with Crippen molar-refractivity contribution in [2.45, 2.75) is 44.9 Å². The van der Waals surface area contributed by atoms with Crippen LogP contribution in [-0.2, 0) is 14.4 Å². The number of likely N-dealkylation sites (tertiary alicyclic amines) is 1. The molecule has 1 saturated heterocycles. The summed E-state index contributed by atoms with van der Waals surface area (Å²) in [5, 5.41) is 11.4. The van der Waals surface area contributed by atoms with Gasteiger partial charge in [-0.15, -0.1) is 0 Å². The fourth-order valence-corrected chi connectivity index (χ4v) is 2.66. The second kappa shape index (κ2) is 9.52. The first-order chi connectivity index (χ1) is 13.2. The Kier molecular flexibility index (Phi) is 7.36. The number of carbonyl (C=O) groups is 2. The molecule has 2 atom stereocenters. The zero-order valence-electron chi connectivity index (χ0n) is 16.4. The number of aldehydes is 1. The number of amidine groups is 1. The van der Waals surface area contributed by atoms with E-state index >= 15 is 0 Å². The number of nitrogens with two attached hydrogens (primary N) is 1. The molecule has 2 rings (SSSR count).